The first-order valence-electron chi connectivity index (χ1n) is 9.81. The predicted molar refractivity (Wildman–Crippen MR) is 111 cm³/mol. The van der Waals surface area contributed by atoms with Crippen LogP contribution in [0.4, 0.5) is 0 Å². The average Bonchev–Trinajstić information content (AvgIpc) is 3.04. The summed E-state index contributed by atoms with van der Waals surface area (Å²) in [6.45, 7) is 7.99. The molecule has 1 saturated heterocycles. The molecule has 3 heteroatoms. The minimum Gasteiger partial charge on any atom is -0.507 e. The number of benzene rings is 2. The highest BCUT2D eigenvalue weighted by molar-refractivity contribution is 5.86. The Labute approximate surface area is 160 Å². The van der Waals surface area contributed by atoms with E-state index in [1.54, 1.807) is 0 Å². The van der Waals surface area contributed by atoms with E-state index >= 15 is 0 Å². The Morgan fingerprint density at radius 1 is 1.19 bits per heavy atom. The monoisotopic (exact) mass is 361 g/mol. The van der Waals surface area contributed by atoms with Crippen molar-refractivity contribution in [2.24, 2.45) is 5.92 Å². The van der Waals surface area contributed by atoms with E-state index in [4.69, 9.17) is 4.42 Å². The molecule has 1 fully saturated rings. The molecule has 0 saturated carbocycles. The van der Waals surface area contributed by atoms with Gasteiger partial charge in [-0.1, -0.05) is 18.2 Å². The van der Waals surface area contributed by atoms with Crippen molar-refractivity contribution < 1.29 is 9.52 Å². The maximum absolute atomic E-state index is 11.1. The Hall–Kier alpha value is -2.52. The van der Waals surface area contributed by atoms with Gasteiger partial charge in [0.1, 0.15) is 17.1 Å². The molecule has 0 spiro atoms. The van der Waals surface area contributed by atoms with Gasteiger partial charge in [0, 0.05) is 10.9 Å². The van der Waals surface area contributed by atoms with Crippen molar-refractivity contribution in [2.45, 2.75) is 32.6 Å². The Balaban J connectivity index is 1.76. The lowest BCUT2D eigenvalue weighted by Crippen LogP contribution is -2.28. The Bertz CT molecular complexity index is 964. The number of piperidine rings is 1. The quantitative estimate of drug-likeness (QED) is 0.599. The highest BCUT2D eigenvalue weighted by Crippen LogP contribution is 2.37. The number of fused-ring (bicyclic) bond motifs is 1. The molecule has 1 aromatic heterocycles. The minimum absolute atomic E-state index is 0.418. The van der Waals surface area contributed by atoms with Gasteiger partial charge in [-0.05, 0) is 92.6 Å². The van der Waals surface area contributed by atoms with Crippen molar-refractivity contribution in [1.82, 2.24) is 5.32 Å². The van der Waals surface area contributed by atoms with Gasteiger partial charge < -0.3 is 14.8 Å². The van der Waals surface area contributed by atoms with Gasteiger partial charge in [0.2, 0.25) is 0 Å². The molecule has 2 aromatic carbocycles. The molecule has 27 heavy (non-hydrogen) atoms. The lowest BCUT2D eigenvalue weighted by molar-refractivity contribution is 0.366. The first kappa shape index (κ1) is 17.9. The summed E-state index contributed by atoms with van der Waals surface area (Å²) in [7, 11) is 0. The predicted octanol–water partition coefficient (Wildman–Crippen LogP) is 5.38. The van der Waals surface area contributed by atoms with Crippen molar-refractivity contribution in [3.05, 3.63) is 65.9 Å². The van der Waals surface area contributed by atoms with Gasteiger partial charge in [-0.15, -0.1) is 6.58 Å². The third-order valence-electron chi connectivity index (χ3n) is 5.55. The Kier molecular flexibility index (Phi) is 5.04. The van der Waals surface area contributed by atoms with Gasteiger partial charge >= 0.3 is 0 Å². The van der Waals surface area contributed by atoms with Gasteiger partial charge in [0.15, 0.2) is 0 Å². The number of aryl methyl sites for hydroxylation is 1. The molecule has 3 nitrogen and oxygen atoms in total. The smallest absolute Gasteiger partial charge is 0.134 e. The fourth-order valence-electron chi connectivity index (χ4n) is 4.16. The van der Waals surface area contributed by atoms with E-state index in [-0.39, 0.29) is 0 Å². The van der Waals surface area contributed by atoms with Crippen LogP contribution in [0.1, 0.15) is 29.7 Å². The summed E-state index contributed by atoms with van der Waals surface area (Å²) in [6.07, 6.45) is 5.99. The zero-order valence-corrected chi connectivity index (χ0v) is 15.9. The lowest BCUT2D eigenvalue weighted by Gasteiger charge is -2.24. The van der Waals surface area contributed by atoms with Crippen molar-refractivity contribution in [3.8, 4) is 16.9 Å². The van der Waals surface area contributed by atoms with Gasteiger partial charge in [-0.25, -0.2) is 0 Å². The molecule has 2 N–H and O–H groups in total. The van der Waals surface area contributed by atoms with Crippen molar-refractivity contribution in [1.29, 1.82) is 0 Å². The SMILES string of the molecule is C=CCc1cc(CC2CCNCC2)c(O)c(-c2ccc3oc(C)cc3c2)c1. The largest absolute Gasteiger partial charge is 0.507 e. The number of aromatic hydroxyl groups is 1. The summed E-state index contributed by atoms with van der Waals surface area (Å²) < 4.78 is 5.69. The van der Waals surface area contributed by atoms with Crippen LogP contribution >= 0.6 is 0 Å². The van der Waals surface area contributed by atoms with Crippen molar-refractivity contribution >= 4 is 11.0 Å². The summed E-state index contributed by atoms with van der Waals surface area (Å²) in [5.74, 6) is 1.95. The number of phenolic OH excluding ortho intramolecular Hbond substituents is 1. The number of nitrogens with one attached hydrogen (secondary N) is 1. The van der Waals surface area contributed by atoms with E-state index in [1.165, 1.54) is 18.4 Å². The molecule has 2 heterocycles. The molecule has 4 rings (SSSR count). The zero-order valence-electron chi connectivity index (χ0n) is 15.9. The van der Waals surface area contributed by atoms with E-state index in [9.17, 15) is 5.11 Å². The molecule has 0 aliphatic carbocycles. The van der Waals surface area contributed by atoms with Crippen LogP contribution in [0.25, 0.3) is 22.1 Å². The molecule has 0 unspecified atom stereocenters. The molecular weight excluding hydrogens is 334 g/mol. The summed E-state index contributed by atoms with van der Waals surface area (Å²) in [6, 6.07) is 12.4. The fraction of sp³-hybridized carbons (Fsp3) is 0.333. The number of rotatable bonds is 5. The minimum atomic E-state index is 0.418. The average molecular weight is 361 g/mol. The second-order valence-electron chi connectivity index (χ2n) is 7.65. The first-order valence-corrected chi connectivity index (χ1v) is 9.81. The lowest BCUT2D eigenvalue weighted by atomic mass is 9.87. The zero-order chi connectivity index (χ0) is 18.8. The number of hydrogen-bond donors (Lipinski definition) is 2. The van der Waals surface area contributed by atoms with Gasteiger partial charge in [0.25, 0.3) is 0 Å². The maximum atomic E-state index is 11.1. The molecule has 1 aliphatic heterocycles. The van der Waals surface area contributed by atoms with Crippen LogP contribution in [0.2, 0.25) is 0 Å². The summed E-state index contributed by atoms with van der Waals surface area (Å²) >= 11 is 0. The topological polar surface area (TPSA) is 45.4 Å². The Morgan fingerprint density at radius 2 is 2.00 bits per heavy atom. The van der Waals surface area contributed by atoms with E-state index in [1.807, 2.05) is 31.2 Å². The van der Waals surface area contributed by atoms with Crippen LogP contribution in [-0.4, -0.2) is 18.2 Å². The van der Waals surface area contributed by atoms with E-state index < -0.39 is 0 Å². The molecule has 140 valence electrons. The van der Waals surface area contributed by atoms with Gasteiger partial charge in [-0.3, -0.25) is 0 Å². The third kappa shape index (κ3) is 3.79. The fourth-order valence-corrected chi connectivity index (χ4v) is 4.16. The van der Waals surface area contributed by atoms with E-state index in [0.717, 1.165) is 59.4 Å². The molecule has 3 aromatic rings. The number of hydrogen-bond acceptors (Lipinski definition) is 3. The van der Waals surface area contributed by atoms with Crippen molar-refractivity contribution in [2.75, 3.05) is 13.1 Å². The third-order valence-corrected chi connectivity index (χ3v) is 5.55. The van der Waals surface area contributed by atoms with E-state index in [2.05, 4.69) is 30.1 Å². The first-order chi connectivity index (χ1) is 13.1. The number of phenols is 1. The molecule has 0 radical (unpaired) electrons. The summed E-state index contributed by atoms with van der Waals surface area (Å²) in [5.41, 5.74) is 5.06. The van der Waals surface area contributed by atoms with E-state index in [0.29, 0.717) is 11.7 Å². The molecule has 0 amide bonds. The van der Waals surface area contributed by atoms with Gasteiger partial charge in [0.05, 0.1) is 0 Å². The molecule has 0 bridgehead atoms. The van der Waals surface area contributed by atoms with Crippen LogP contribution in [0, 0.1) is 12.8 Å². The standard InChI is InChI=1S/C24H27NO2/c1-3-4-18-13-21(12-17-7-9-25-10-8-17)24(26)22(14-18)19-5-6-23-20(15-19)11-16(2)27-23/h3,5-6,11,13-15,17,25-26H,1,4,7-10,12H2,2H3. The van der Waals surface area contributed by atoms with Crippen LogP contribution in [0.3, 0.4) is 0 Å². The van der Waals surface area contributed by atoms with Crippen LogP contribution < -0.4 is 5.32 Å². The highest BCUT2D eigenvalue weighted by Gasteiger charge is 2.18. The molecular formula is C24H27NO2. The second kappa shape index (κ2) is 7.61. The summed E-state index contributed by atoms with van der Waals surface area (Å²) in [5, 5.41) is 15.6. The van der Waals surface area contributed by atoms with Crippen molar-refractivity contribution in [3.63, 3.8) is 0 Å². The normalized spacial score (nSPS) is 15.3. The molecule has 0 atom stereocenters. The number of allylic oxidation sites excluding steroid dienone is 1. The van der Waals surface area contributed by atoms with Crippen LogP contribution in [-0.2, 0) is 12.8 Å². The van der Waals surface area contributed by atoms with Crippen LogP contribution in [0.15, 0.2) is 53.5 Å². The Morgan fingerprint density at radius 3 is 2.78 bits per heavy atom. The highest BCUT2D eigenvalue weighted by atomic mass is 16.3. The van der Waals surface area contributed by atoms with Gasteiger partial charge in [-0.2, -0.15) is 0 Å². The summed E-state index contributed by atoms with van der Waals surface area (Å²) in [4.78, 5) is 0. The number of furan rings is 1. The molecule has 1 aliphatic rings. The maximum Gasteiger partial charge on any atom is 0.134 e. The second-order valence-corrected chi connectivity index (χ2v) is 7.65. The van der Waals surface area contributed by atoms with Crippen LogP contribution in [0.5, 0.6) is 5.75 Å².